The van der Waals surface area contributed by atoms with Crippen LogP contribution in [-0.2, 0) is 6.54 Å². The molecule has 1 amide bonds. The Labute approximate surface area is 198 Å². The molecule has 1 aliphatic heterocycles. The number of thiophene rings is 1. The summed E-state index contributed by atoms with van der Waals surface area (Å²) in [7, 11) is 0. The Hall–Kier alpha value is -3.00. The van der Waals surface area contributed by atoms with E-state index >= 15 is 0 Å². The first-order chi connectivity index (χ1) is 16.1. The zero-order chi connectivity index (χ0) is 23.0. The molecule has 1 aromatic carbocycles. The van der Waals surface area contributed by atoms with Gasteiger partial charge < -0.3 is 10.3 Å². The summed E-state index contributed by atoms with van der Waals surface area (Å²) in [5.41, 5.74) is 1.86. The number of amides is 1. The second-order valence-electron chi connectivity index (χ2n) is 8.33. The standard InChI is InChI=1S/C26H30N4O2S/c1-20(24-10-6-18-33-24)27-25(31)23-12-11-22(28-26(23)32)19-30-16-14-29(15-17-30)13-5-9-21-7-3-2-4-8-21/h2-12,18,20H,13-17,19H2,1H3,(H,27,31)(H,28,32)/b9-5+/t20-/m1/s1. The van der Waals surface area contributed by atoms with Crippen LogP contribution in [0.25, 0.3) is 6.08 Å². The van der Waals surface area contributed by atoms with Crippen LogP contribution in [0.3, 0.4) is 0 Å². The quantitative estimate of drug-likeness (QED) is 0.535. The fourth-order valence-corrected chi connectivity index (χ4v) is 4.68. The van der Waals surface area contributed by atoms with Gasteiger partial charge in [0, 0.05) is 49.8 Å². The first kappa shape index (κ1) is 23.2. The third kappa shape index (κ3) is 6.51. The molecule has 4 rings (SSSR count). The van der Waals surface area contributed by atoms with Crippen LogP contribution in [0.1, 0.15) is 39.5 Å². The summed E-state index contributed by atoms with van der Waals surface area (Å²) in [5, 5.41) is 4.88. The Kier molecular flexibility index (Phi) is 7.88. The predicted octanol–water partition coefficient (Wildman–Crippen LogP) is 3.76. The zero-order valence-electron chi connectivity index (χ0n) is 18.9. The molecule has 7 heteroatoms. The lowest BCUT2D eigenvalue weighted by molar-refractivity contribution is 0.0939. The Balaban J connectivity index is 1.25. The number of hydrogen-bond donors (Lipinski definition) is 2. The van der Waals surface area contributed by atoms with Gasteiger partial charge >= 0.3 is 0 Å². The van der Waals surface area contributed by atoms with E-state index < -0.39 is 0 Å². The number of benzene rings is 1. The van der Waals surface area contributed by atoms with Crippen molar-refractivity contribution in [3.8, 4) is 0 Å². The topological polar surface area (TPSA) is 68.4 Å². The monoisotopic (exact) mass is 462 g/mol. The molecule has 0 radical (unpaired) electrons. The van der Waals surface area contributed by atoms with Crippen molar-refractivity contribution in [1.82, 2.24) is 20.1 Å². The van der Waals surface area contributed by atoms with Crippen LogP contribution in [0.4, 0.5) is 0 Å². The lowest BCUT2D eigenvalue weighted by Gasteiger charge is -2.34. The first-order valence-electron chi connectivity index (χ1n) is 11.3. The zero-order valence-corrected chi connectivity index (χ0v) is 19.7. The van der Waals surface area contributed by atoms with Gasteiger partial charge in [0.2, 0.25) is 0 Å². The van der Waals surface area contributed by atoms with E-state index in [0.29, 0.717) is 6.54 Å². The molecule has 1 saturated heterocycles. The summed E-state index contributed by atoms with van der Waals surface area (Å²) in [6, 6.07) is 17.6. The number of carbonyl (C=O) groups excluding carboxylic acids is 1. The highest BCUT2D eigenvalue weighted by molar-refractivity contribution is 7.10. The molecule has 0 saturated carbocycles. The molecule has 1 atom stereocenters. The van der Waals surface area contributed by atoms with Crippen LogP contribution in [0.15, 0.2) is 70.8 Å². The molecule has 0 spiro atoms. The number of aromatic nitrogens is 1. The Morgan fingerprint density at radius 2 is 1.82 bits per heavy atom. The number of aromatic amines is 1. The molecule has 2 aromatic heterocycles. The molecule has 1 fully saturated rings. The minimum absolute atomic E-state index is 0.129. The van der Waals surface area contributed by atoms with E-state index in [0.717, 1.165) is 43.3 Å². The van der Waals surface area contributed by atoms with Gasteiger partial charge in [-0.05, 0) is 36.1 Å². The maximum atomic E-state index is 12.5. The number of hydrogen-bond acceptors (Lipinski definition) is 5. The van der Waals surface area contributed by atoms with E-state index in [1.165, 1.54) is 5.56 Å². The summed E-state index contributed by atoms with van der Waals surface area (Å²) in [4.78, 5) is 33.8. The maximum absolute atomic E-state index is 12.5. The summed E-state index contributed by atoms with van der Waals surface area (Å²) < 4.78 is 0. The molecule has 33 heavy (non-hydrogen) atoms. The number of piperazine rings is 1. The molecule has 2 N–H and O–H groups in total. The number of rotatable bonds is 8. The highest BCUT2D eigenvalue weighted by Gasteiger charge is 2.18. The summed E-state index contributed by atoms with van der Waals surface area (Å²) >= 11 is 1.58. The van der Waals surface area contributed by atoms with Crippen LogP contribution < -0.4 is 10.9 Å². The van der Waals surface area contributed by atoms with Crippen molar-refractivity contribution in [3.63, 3.8) is 0 Å². The van der Waals surface area contributed by atoms with Gasteiger partial charge in [-0.25, -0.2) is 0 Å². The van der Waals surface area contributed by atoms with Crippen molar-refractivity contribution < 1.29 is 4.79 Å². The van der Waals surface area contributed by atoms with Gasteiger partial charge in [-0.15, -0.1) is 11.3 Å². The fourth-order valence-electron chi connectivity index (χ4n) is 3.94. The van der Waals surface area contributed by atoms with Crippen molar-refractivity contribution in [3.05, 3.63) is 98.1 Å². The largest absolute Gasteiger partial charge is 0.345 e. The summed E-state index contributed by atoms with van der Waals surface area (Å²) in [6.45, 7) is 7.41. The molecule has 1 aliphatic rings. The van der Waals surface area contributed by atoms with Crippen LogP contribution in [0.5, 0.6) is 0 Å². The normalized spacial score (nSPS) is 16.2. The number of pyridine rings is 1. The molecule has 0 bridgehead atoms. The van der Waals surface area contributed by atoms with Crippen molar-refractivity contribution >= 4 is 23.3 Å². The van der Waals surface area contributed by atoms with E-state index in [2.05, 4.69) is 44.4 Å². The first-order valence-corrected chi connectivity index (χ1v) is 12.2. The van der Waals surface area contributed by atoms with Gasteiger partial charge in [0.25, 0.3) is 11.5 Å². The SMILES string of the molecule is C[C@@H](NC(=O)c1ccc(CN2CCN(C/C=C/c3ccccc3)CC2)[nH]c1=O)c1cccs1. The summed E-state index contributed by atoms with van der Waals surface area (Å²) in [5.74, 6) is -0.346. The van der Waals surface area contributed by atoms with Crippen LogP contribution in [0, 0.1) is 0 Å². The molecule has 0 aliphatic carbocycles. The average Bonchev–Trinajstić information content (AvgIpc) is 3.36. The van der Waals surface area contributed by atoms with Crippen LogP contribution >= 0.6 is 11.3 Å². The number of H-pyrrole nitrogens is 1. The fraction of sp³-hybridized carbons (Fsp3) is 0.308. The number of nitrogens with zero attached hydrogens (tertiary/aromatic N) is 2. The third-order valence-electron chi connectivity index (χ3n) is 5.86. The highest BCUT2D eigenvalue weighted by atomic mass is 32.1. The van der Waals surface area contributed by atoms with Gasteiger partial charge in [0.15, 0.2) is 0 Å². The van der Waals surface area contributed by atoms with E-state index in [9.17, 15) is 9.59 Å². The second kappa shape index (κ2) is 11.2. The van der Waals surface area contributed by atoms with Gasteiger partial charge in [-0.2, -0.15) is 0 Å². The molecule has 0 unspecified atom stereocenters. The van der Waals surface area contributed by atoms with E-state index in [4.69, 9.17) is 0 Å². The molecular weight excluding hydrogens is 432 g/mol. The average molecular weight is 463 g/mol. The third-order valence-corrected chi connectivity index (χ3v) is 6.92. The maximum Gasteiger partial charge on any atom is 0.261 e. The lowest BCUT2D eigenvalue weighted by Crippen LogP contribution is -2.46. The smallest absolute Gasteiger partial charge is 0.261 e. The highest BCUT2D eigenvalue weighted by Crippen LogP contribution is 2.18. The van der Waals surface area contributed by atoms with E-state index in [-0.39, 0.29) is 23.1 Å². The van der Waals surface area contributed by atoms with E-state index in [1.807, 2.05) is 48.7 Å². The van der Waals surface area contributed by atoms with Crippen molar-refractivity contribution in [1.29, 1.82) is 0 Å². The molecule has 3 aromatic rings. The molecule has 6 nitrogen and oxygen atoms in total. The van der Waals surface area contributed by atoms with Crippen LogP contribution in [-0.4, -0.2) is 53.4 Å². The van der Waals surface area contributed by atoms with Crippen molar-refractivity contribution in [2.45, 2.75) is 19.5 Å². The number of nitrogens with one attached hydrogen (secondary N) is 2. The molecule has 172 valence electrons. The second-order valence-corrected chi connectivity index (χ2v) is 9.31. The lowest BCUT2D eigenvalue weighted by atomic mass is 10.2. The van der Waals surface area contributed by atoms with Gasteiger partial charge in [-0.3, -0.25) is 19.4 Å². The van der Waals surface area contributed by atoms with Crippen LogP contribution in [0.2, 0.25) is 0 Å². The van der Waals surface area contributed by atoms with Gasteiger partial charge in [-0.1, -0.05) is 48.6 Å². The van der Waals surface area contributed by atoms with E-state index in [1.54, 1.807) is 17.4 Å². The Morgan fingerprint density at radius 3 is 2.52 bits per heavy atom. The minimum atomic E-state index is -0.346. The van der Waals surface area contributed by atoms with Crippen molar-refractivity contribution in [2.75, 3.05) is 32.7 Å². The van der Waals surface area contributed by atoms with Gasteiger partial charge in [0.1, 0.15) is 5.56 Å². The summed E-state index contributed by atoms with van der Waals surface area (Å²) in [6.07, 6.45) is 4.38. The Morgan fingerprint density at radius 1 is 1.06 bits per heavy atom. The predicted molar refractivity (Wildman–Crippen MR) is 134 cm³/mol. The molecule has 3 heterocycles. The number of carbonyl (C=O) groups is 1. The van der Waals surface area contributed by atoms with Gasteiger partial charge in [0.05, 0.1) is 6.04 Å². The van der Waals surface area contributed by atoms with Crippen molar-refractivity contribution in [2.24, 2.45) is 0 Å². The molecular formula is C26H30N4O2S. The Bertz CT molecular complexity index is 1120. The minimum Gasteiger partial charge on any atom is -0.345 e.